The quantitative estimate of drug-likeness (QED) is 0.645. The van der Waals surface area contributed by atoms with Crippen molar-refractivity contribution in [1.82, 2.24) is 19.7 Å². The lowest BCUT2D eigenvalue weighted by Gasteiger charge is -2.18. The van der Waals surface area contributed by atoms with Crippen LogP contribution in [0.25, 0.3) is 22.3 Å². The zero-order valence-electron chi connectivity index (χ0n) is 17.5. The smallest absolute Gasteiger partial charge is 0.254 e. The minimum absolute atomic E-state index is 0. The highest BCUT2D eigenvalue weighted by Crippen LogP contribution is 2.30. The Morgan fingerprint density at radius 2 is 2.00 bits per heavy atom. The third-order valence-electron chi connectivity index (χ3n) is 5.61. The van der Waals surface area contributed by atoms with Gasteiger partial charge in [0.25, 0.3) is 5.91 Å². The summed E-state index contributed by atoms with van der Waals surface area (Å²) in [5.74, 6) is 0.428. The van der Waals surface area contributed by atoms with Gasteiger partial charge in [-0.25, -0.2) is 9.67 Å². The molecule has 4 rings (SSSR count). The van der Waals surface area contributed by atoms with Gasteiger partial charge in [0.1, 0.15) is 0 Å². The Labute approximate surface area is 189 Å². The number of carbonyl (C=O) groups is 1. The van der Waals surface area contributed by atoms with Gasteiger partial charge in [-0.2, -0.15) is 5.10 Å². The number of nitrogens with zero attached hydrogens (tertiary/aromatic N) is 4. The maximum atomic E-state index is 13.4. The summed E-state index contributed by atoms with van der Waals surface area (Å²) in [7, 11) is 0. The van der Waals surface area contributed by atoms with Gasteiger partial charge in [0.15, 0.2) is 5.65 Å². The Balaban J connectivity index is 0.00000160. The molecule has 8 heteroatoms. The summed E-state index contributed by atoms with van der Waals surface area (Å²) in [6, 6.07) is 10.2. The van der Waals surface area contributed by atoms with Crippen molar-refractivity contribution in [2.45, 2.75) is 33.2 Å². The van der Waals surface area contributed by atoms with Gasteiger partial charge in [0.2, 0.25) is 0 Å². The van der Waals surface area contributed by atoms with E-state index in [4.69, 9.17) is 10.7 Å². The highest BCUT2D eigenvalue weighted by Gasteiger charge is 2.28. The topological polar surface area (TPSA) is 77.0 Å². The van der Waals surface area contributed by atoms with E-state index >= 15 is 0 Å². The number of nitrogens with two attached hydrogens (primary N) is 1. The van der Waals surface area contributed by atoms with Crippen molar-refractivity contribution >= 4 is 41.8 Å². The number of hydrogen-bond donors (Lipinski definition) is 1. The van der Waals surface area contributed by atoms with Gasteiger partial charge >= 0.3 is 0 Å². The third kappa shape index (κ3) is 4.31. The molecular weight excluding hydrogens is 421 g/mol. The molecule has 0 spiro atoms. The summed E-state index contributed by atoms with van der Waals surface area (Å²) in [6.07, 6.45) is 2.74. The van der Waals surface area contributed by atoms with Crippen LogP contribution in [0.4, 0.5) is 0 Å². The first kappa shape index (κ1) is 24.1. The Hall–Kier alpha value is -2.15. The van der Waals surface area contributed by atoms with Crippen molar-refractivity contribution in [3.05, 3.63) is 47.7 Å². The van der Waals surface area contributed by atoms with Crippen molar-refractivity contribution in [3.63, 3.8) is 0 Å². The van der Waals surface area contributed by atoms with E-state index in [0.717, 1.165) is 47.4 Å². The van der Waals surface area contributed by atoms with Crippen LogP contribution in [0.1, 0.15) is 42.2 Å². The largest absolute Gasteiger partial charge is 0.338 e. The summed E-state index contributed by atoms with van der Waals surface area (Å²) in [5, 5.41) is 5.33. The first-order chi connectivity index (χ1) is 13.5. The molecule has 1 atom stereocenters. The zero-order valence-corrected chi connectivity index (χ0v) is 19.2. The third-order valence-corrected chi connectivity index (χ3v) is 5.61. The number of amides is 1. The van der Waals surface area contributed by atoms with E-state index in [0.29, 0.717) is 18.0 Å². The Morgan fingerprint density at radius 1 is 1.27 bits per heavy atom. The van der Waals surface area contributed by atoms with E-state index in [1.54, 1.807) is 6.20 Å². The summed E-state index contributed by atoms with van der Waals surface area (Å²) < 4.78 is 1.89. The number of halogens is 2. The Kier molecular flexibility index (Phi) is 7.86. The average molecular weight is 450 g/mol. The summed E-state index contributed by atoms with van der Waals surface area (Å²) in [6.45, 7) is 8.30. The van der Waals surface area contributed by atoms with Crippen molar-refractivity contribution < 1.29 is 4.79 Å². The summed E-state index contributed by atoms with van der Waals surface area (Å²) in [5.41, 5.74) is 10.2. The van der Waals surface area contributed by atoms with Gasteiger partial charge in [-0.15, -0.1) is 24.8 Å². The molecule has 0 bridgehead atoms. The van der Waals surface area contributed by atoms with E-state index in [-0.39, 0.29) is 36.8 Å². The number of rotatable bonds is 4. The number of aryl methyl sites for hydroxylation is 1. The van der Waals surface area contributed by atoms with Crippen molar-refractivity contribution in [2.24, 2.45) is 11.7 Å². The fourth-order valence-corrected chi connectivity index (χ4v) is 3.95. The lowest BCUT2D eigenvalue weighted by Crippen LogP contribution is -2.30. The maximum Gasteiger partial charge on any atom is 0.254 e. The lowest BCUT2D eigenvalue weighted by atomic mass is 10.0. The first-order valence-electron chi connectivity index (χ1n) is 9.93. The number of aromatic nitrogens is 3. The van der Waals surface area contributed by atoms with Crippen LogP contribution < -0.4 is 5.73 Å². The minimum Gasteiger partial charge on any atom is -0.338 e. The highest BCUT2D eigenvalue weighted by atomic mass is 35.5. The molecule has 1 aliphatic rings. The molecule has 0 radical (unpaired) electrons. The molecule has 1 aromatic carbocycles. The van der Waals surface area contributed by atoms with Crippen LogP contribution in [-0.4, -0.2) is 45.2 Å². The molecule has 1 saturated heterocycles. The Morgan fingerprint density at radius 3 is 2.63 bits per heavy atom. The average Bonchev–Trinajstić information content (AvgIpc) is 3.34. The molecule has 1 amide bonds. The van der Waals surface area contributed by atoms with Gasteiger partial charge in [-0.1, -0.05) is 24.3 Å². The second kappa shape index (κ2) is 9.77. The van der Waals surface area contributed by atoms with E-state index in [9.17, 15) is 4.79 Å². The minimum atomic E-state index is 0. The number of likely N-dealkylation sites (tertiary alicyclic amines) is 1. The fourth-order valence-electron chi connectivity index (χ4n) is 3.95. The molecule has 0 saturated carbocycles. The molecule has 1 fully saturated rings. The molecule has 30 heavy (non-hydrogen) atoms. The Bertz CT molecular complexity index is 1030. The highest BCUT2D eigenvalue weighted by molar-refractivity contribution is 6.06. The van der Waals surface area contributed by atoms with Crippen molar-refractivity contribution in [1.29, 1.82) is 0 Å². The van der Waals surface area contributed by atoms with E-state index in [1.165, 1.54) is 0 Å². The number of pyridine rings is 1. The van der Waals surface area contributed by atoms with Crippen LogP contribution in [-0.2, 0) is 0 Å². The molecule has 6 nitrogen and oxygen atoms in total. The number of fused-ring (bicyclic) bond motifs is 1. The lowest BCUT2D eigenvalue weighted by molar-refractivity contribution is 0.0789. The van der Waals surface area contributed by atoms with Crippen LogP contribution in [0.5, 0.6) is 0 Å². The first-order valence-corrected chi connectivity index (χ1v) is 9.93. The van der Waals surface area contributed by atoms with Crippen molar-refractivity contribution in [2.75, 3.05) is 19.6 Å². The molecule has 162 valence electrons. The summed E-state index contributed by atoms with van der Waals surface area (Å²) in [4.78, 5) is 20.2. The molecule has 1 aliphatic heterocycles. The molecular formula is C22H29Cl2N5O. The van der Waals surface area contributed by atoms with Crippen LogP contribution in [0, 0.1) is 12.8 Å². The number of benzene rings is 1. The normalized spacial score (nSPS) is 15.9. The van der Waals surface area contributed by atoms with Gasteiger partial charge < -0.3 is 10.6 Å². The summed E-state index contributed by atoms with van der Waals surface area (Å²) >= 11 is 0. The monoisotopic (exact) mass is 449 g/mol. The molecule has 3 heterocycles. The van der Waals surface area contributed by atoms with Crippen LogP contribution in [0.3, 0.4) is 0 Å². The predicted octanol–water partition coefficient (Wildman–Crippen LogP) is 4.25. The van der Waals surface area contributed by atoms with E-state index < -0.39 is 0 Å². The second-order valence-electron chi connectivity index (χ2n) is 7.93. The van der Waals surface area contributed by atoms with Crippen LogP contribution in [0.15, 0.2) is 36.5 Å². The SMILES string of the molecule is Cc1ccccc1-c1cc(C(=O)N2CCC(CN)C2)c2cnn(C(C)C)c2n1.Cl.Cl. The maximum absolute atomic E-state index is 13.4. The van der Waals surface area contributed by atoms with E-state index in [2.05, 4.69) is 31.9 Å². The molecule has 1 unspecified atom stereocenters. The molecule has 0 aliphatic carbocycles. The van der Waals surface area contributed by atoms with Crippen LogP contribution >= 0.6 is 24.8 Å². The standard InChI is InChI=1S/C22H27N5O.2ClH/c1-14(2)27-21-19(12-24-27)18(22(28)26-9-8-16(11-23)13-26)10-20(25-21)17-7-5-4-6-15(17)3;;/h4-7,10,12,14,16H,8-9,11,13,23H2,1-3H3;2*1H. The van der Waals surface area contributed by atoms with Crippen LogP contribution in [0.2, 0.25) is 0 Å². The number of carbonyl (C=O) groups excluding carboxylic acids is 1. The van der Waals surface area contributed by atoms with Gasteiger partial charge in [-0.3, -0.25) is 4.79 Å². The molecule has 3 aromatic rings. The predicted molar refractivity (Wildman–Crippen MR) is 126 cm³/mol. The van der Waals surface area contributed by atoms with Gasteiger partial charge in [0, 0.05) is 24.7 Å². The fraction of sp³-hybridized carbons (Fsp3) is 0.409. The van der Waals surface area contributed by atoms with Crippen molar-refractivity contribution in [3.8, 4) is 11.3 Å². The van der Waals surface area contributed by atoms with Gasteiger partial charge in [-0.05, 0) is 51.3 Å². The number of hydrogen-bond acceptors (Lipinski definition) is 4. The zero-order chi connectivity index (χ0) is 19.8. The molecule has 2 N–H and O–H groups in total. The van der Waals surface area contributed by atoms with Gasteiger partial charge in [0.05, 0.1) is 22.8 Å². The second-order valence-corrected chi connectivity index (χ2v) is 7.93. The molecule has 2 aromatic heterocycles. The van der Waals surface area contributed by atoms with E-state index in [1.807, 2.05) is 33.8 Å².